The summed E-state index contributed by atoms with van der Waals surface area (Å²) in [6, 6.07) is 19.6. The van der Waals surface area contributed by atoms with Gasteiger partial charge in [-0.15, -0.1) is 0 Å². The van der Waals surface area contributed by atoms with Crippen molar-refractivity contribution in [2.24, 2.45) is 0 Å². The van der Waals surface area contributed by atoms with Crippen LogP contribution in [0.5, 0.6) is 0 Å². The number of anilines is 1. The van der Waals surface area contributed by atoms with Gasteiger partial charge in [-0.05, 0) is 44.2 Å². The molecule has 0 unspecified atom stereocenters. The molecular weight excluding hydrogens is 464 g/mol. The fourth-order valence-corrected chi connectivity index (χ4v) is 5.45. The summed E-state index contributed by atoms with van der Waals surface area (Å²) in [6.07, 6.45) is 3.43. The van der Waals surface area contributed by atoms with Crippen LogP contribution in [0.15, 0.2) is 84.0 Å². The molecule has 5 aromatic rings. The van der Waals surface area contributed by atoms with Crippen molar-refractivity contribution in [3.05, 3.63) is 84.7 Å². The highest BCUT2D eigenvalue weighted by atomic mass is 32.2. The lowest BCUT2D eigenvalue weighted by Gasteiger charge is -2.08. The molecular formula is C26H24N4O4S. The number of hydrogen-bond donors (Lipinski definition) is 1. The van der Waals surface area contributed by atoms with Crippen molar-refractivity contribution in [2.75, 3.05) is 18.5 Å². The summed E-state index contributed by atoms with van der Waals surface area (Å²) < 4.78 is 35.4. The Bertz CT molecular complexity index is 1650. The molecule has 3 heterocycles. The maximum atomic E-state index is 13.6. The first-order valence-corrected chi connectivity index (χ1v) is 12.6. The SMILES string of the molecule is CCOC(=O)CNc1c(-c2cn(S(=O)(=O)c3ccc(C)cc3)c3ccccc23)nc2ccccn12. The number of fused-ring (bicyclic) bond motifs is 2. The normalized spacial score (nSPS) is 11.7. The van der Waals surface area contributed by atoms with Crippen LogP contribution in [0.4, 0.5) is 5.82 Å². The lowest BCUT2D eigenvalue weighted by atomic mass is 10.1. The molecule has 178 valence electrons. The number of nitrogens with zero attached hydrogens (tertiary/aromatic N) is 3. The number of rotatable bonds is 7. The third-order valence-corrected chi connectivity index (χ3v) is 7.43. The minimum absolute atomic E-state index is 0.0518. The molecule has 1 N–H and O–H groups in total. The Labute approximate surface area is 202 Å². The van der Waals surface area contributed by atoms with Crippen LogP contribution in [0.1, 0.15) is 12.5 Å². The zero-order valence-electron chi connectivity index (χ0n) is 19.3. The van der Waals surface area contributed by atoms with Crippen molar-refractivity contribution in [1.29, 1.82) is 0 Å². The van der Waals surface area contributed by atoms with Crippen molar-refractivity contribution in [3.8, 4) is 11.3 Å². The average Bonchev–Trinajstić information content (AvgIpc) is 3.42. The molecule has 0 saturated heterocycles. The predicted molar refractivity (Wildman–Crippen MR) is 135 cm³/mol. The van der Waals surface area contributed by atoms with Crippen molar-refractivity contribution in [2.45, 2.75) is 18.7 Å². The molecule has 5 rings (SSSR count). The van der Waals surface area contributed by atoms with Crippen LogP contribution in [-0.4, -0.2) is 40.9 Å². The van der Waals surface area contributed by atoms with Crippen molar-refractivity contribution >= 4 is 38.4 Å². The van der Waals surface area contributed by atoms with Crippen LogP contribution in [0.3, 0.4) is 0 Å². The summed E-state index contributed by atoms with van der Waals surface area (Å²) in [5.41, 5.74) is 3.34. The Balaban J connectivity index is 1.70. The topological polar surface area (TPSA) is 94.7 Å². The van der Waals surface area contributed by atoms with E-state index in [9.17, 15) is 13.2 Å². The Kier molecular flexibility index (Phi) is 5.78. The van der Waals surface area contributed by atoms with Gasteiger partial charge in [-0.3, -0.25) is 9.20 Å². The van der Waals surface area contributed by atoms with Crippen LogP contribution >= 0.6 is 0 Å². The van der Waals surface area contributed by atoms with Crippen LogP contribution in [0.25, 0.3) is 27.8 Å². The molecule has 0 atom stereocenters. The second-order valence-corrected chi connectivity index (χ2v) is 9.89. The van der Waals surface area contributed by atoms with Gasteiger partial charge in [0.2, 0.25) is 0 Å². The minimum Gasteiger partial charge on any atom is -0.465 e. The highest BCUT2D eigenvalue weighted by molar-refractivity contribution is 7.90. The molecule has 0 aliphatic carbocycles. The number of carbonyl (C=O) groups excluding carboxylic acids is 1. The molecule has 9 heteroatoms. The van der Waals surface area contributed by atoms with Crippen LogP contribution < -0.4 is 5.32 Å². The zero-order valence-corrected chi connectivity index (χ0v) is 20.1. The summed E-state index contributed by atoms with van der Waals surface area (Å²) in [5.74, 6) is 0.179. The van der Waals surface area contributed by atoms with E-state index in [0.29, 0.717) is 28.2 Å². The molecule has 2 aromatic carbocycles. The quantitative estimate of drug-likeness (QED) is 0.340. The molecule has 0 spiro atoms. The van der Waals surface area contributed by atoms with Gasteiger partial charge in [0.05, 0.1) is 17.0 Å². The van der Waals surface area contributed by atoms with E-state index in [0.717, 1.165) is 10.9 Å². The van der Waals surface area contributed by atoms with Gasteiger partial charge >= 0.3 is 5.97 Å². The third-order valence-electron chi connectivity index (χ3n) is 5.75. The summed E-state index contributed by atoms with van der Waals surface area (Å²) >= 11 is 0. The second-order valence-electron chi connectivity index (χ2n) is 8.07. The summed E-state index contributed by atoms with van der Waals surface area (Å²) in [7, 11) is -3.86. The summed E-state index contributed by atoms with van der Waals surface area (Å²) in [6.45, 7) is 3.89. The summed E-state index contributed by atoms with van der Waals surface area (Å²) in [5, 5.41) is 3.86. The fourth-order valence-electron chi connectivity index (χ4n) is 4.08. The molecule has 0 aliphatic rings. The highest BCUT2D eigenvalue weighted by Crippen LogP contribution is 2.36. The van der Waals surface area contributed by atoms with Crippen molar-refractivity contribution in [3.63, 3.8) is 0 Å². The van der Waals surface area contributed by atoms with Gasteiger partial charge in [-0.2, -0.15) is 0 Å². The van der Waals surface area contributed by atoms with Crippen LogP contribution in [-0.2, 0) is 19.6 Å². The first-order chi connectivity index (χ1) is 16.9. The Morgan fingerprint density at radius 1 is 1.03 bits per heavy atom. The molecule has 0 fully saturated rings. The van der Waals surface area contributed by atoms with E-state index < -0.39 is 16.0 Å². The molecule has 0 aliphatic heterocycles. The number of para-hydroxylation sites is 1. The number of carbonyl (C=O) groups is 1. The number of esters is 1. The standard InChI is InChI=1S/C26H24N4O4S/c1-3-34-24(31)16-27-26-25(28-23-10-6-7-15-29(23)26)21-17-30(22-9-5-4-8-20(21)22)35(32,33)19-13-11-18(2)12-14-19/h4-15,17,27H,3,16H2,1-2H3. The fraction of sp³-hybridized carbons (Fsp3) is 0.154. The largest absolute Gasteiger partial charge is 0.465 e. The lowest BCUT2D eigenvalue weighted by Crippen LogP contribution is -2.17. The second kappa shape index (κ2) is 8.92. The van der Waals surface area contributed by atoms with Crippen molar-refractivity contribution in [1.82, 2.24) is 13.4 Å². The predicted octanol–water partition coefficient (Wildman–Crippen LogP) is 4.48. The lowest BCUT2D eigenvalue weighted by molar-refractivity contribution is -0.140. The van der Waals surface area contributed by atoms with Gasteiger partial charge in [0.25, 0.3) is 10.0 Å². The molecule has 0 bridgehead atoms. The van der Waals surface area contributed by atoms with E-state index in [2.05, 4.69) is 5.32 Å². The van der Waals surface area contributed by atoms with E-state index in [1.807, 2.05) is 47.9 Å². The van der Waals surface area contributed by atoms with Gasteiger partial charge in [-0.1, -0.05) is 42.0 Å². The maximum absolute atomic E-state index is 13.6. The number of aromatic nitrogens is 3. The number of ether oxygens (including phenoxy) is 1. The Morgan fingerprint density at radius 2 is 1.77 bits per heavy atom. The van der Waals surface area contributed by atoms with E-state index in [4.69, 9.17) is 9.72 Å². The molecule has 8 nitrogen and oxygen atoms in total. The number of nitrogens with one attached hydrogen (secondary N) is 1. The van der Waals surface area contributed by atoms with Crippen LogP contribution in [0.2, 0.25) is 0 Å². The Morgan fingerprint density at radius 3 is 2.54 bits per heavy atom. The third kappa shape index (κ3) is 4.04. The zero-order chi connectivity index (χ0) is 24.6. The number of pyridine rings is 1. The van der Waals surface area contributed by atoms with Crippen LogP contribution in [0, 0.1) is 6.92 Å². The van der Waals surface area contributed by atoms with Gasteiger partial charge in [0, 0.05) is 23.3 Å². The first-order valence-electron chi connectivity index (χ1n) is 11.2. The number of benzene rings is 2. The van der Waals surface area contributed by atoms with Gasteiger partial charge < -0.3 is 10.1 Å². The van der Waals surface area contributed by atoms with Gasteiger partial charge in [-0.25, -0.2) is 17.4 Å². The molecule has 3 aromatic heterocycles. The molecule has 0 radical (unpaired) electrons. The minimum atomic E-state index is -3.86. The molecule has 0 saturated carbocycles. The maximum Gasteiger partial charge on any atom is 0.325 e. The molecule has 35 heavy (non-hydrogen) atoms. The van der Waals surface area contributed by atoms with E-state index in [1.165, 1.54) is 3.97 Å². The highest BCUT2D eigenvalue weighted by Gasteiger charge is 2.25. The van der Waals surface area contributed by atoms with Gasteiger partial charge in [0.15, 0.2) is 0 Å². The smallest absolute Gasteiger partial charge is 0.325 e. The first kappa shape index (κ1) is 22.7. The number of aryl methyl sites for hydroxylation is 1. The monoisotopic (exact) mass is 488 g/mol. The van der Waals surface area contributed by atoms with E-state index in [1.54, 1.807) is 49.5 Å². The average molecular weight is 489 g/mol. The van der Waals surface area contributed by atoms with E-state index >= 15 is 0 Å². The Hall–Kier alpha value is -4.11. The number of imidazole rings is 1. The van der Waals surface area contributed by atoms with Crippen molar-refractivity contribution < 1.29 is 17.9 Å². The summed E-state index contributed by atoms with van der Waals surface area (Å²) in [4.78, 5) is 17.0. The number of hydrogen-bond acceptors (Lipinski definition) is 6. The van der Waals surface area contributed by atoms with Gasteiger partial charge in [0.1, 0.15) is 23.7 Å². The molecule has 0 amide bonds. The van der Waals surface area contributed by atoms with E-state index in [-0.39, 0.29) is 18.0 Å².